The lowest BCUT2D eigenvalue weighted by Crippen LogP contribution is -2.43. The van der Waals surface area contributed by atoms with Crippen LogP contribution in [0.25, 0.3) is 39.8 Å². The van der Waals surface area contributed by atoms with Gasteiger partial charge in [-0.15, -0.1) is 0 Å². The summed E-state index contributed by atoms with van der Waals surface area (Å²) in [6.07, 6.45) is 10.2. The molecule has 4 aromatic heterocycles. The quantitative estimate of drug-likeness (QED) is 0.406. The van der Waals surface area contributed by atoms with Gasteiger partial charge in [-0.2, -0.15) is 5.10 Å². The molecule has 1 aliphatic rings. The highest BCUT2D eigenvalue weighted by Crippen LogP contribution is 2.39. The second kappa shape index (κ2) is 8.12. The average Bonchev–Trinajstić information content (AvgIpc) is 3.48. The molecule has 0 amide bonds. The molecule has 0 unspecified atom stereocenters. The van der Waals surface area contributed by atoms with Gasteiger partial charge < -0.3 is 10.8 Å². The van der Waals surface area contributed by atoms with Crippen LogP contribution in [0.2, 0.25) is 0 Å². The third-order valence-corrected chi connectivity index (χ3v) is 6.46. The molecule has 9 heteroatoms. The summed E-state index contributed by atoms with van der Waals surface area (Å²) in [5.41, 5.74) is 11.3. The van der Waals surface area contributed by atoms with Crippen molar-refractivity contribution in [3.63, 3.8) is 0 Å². The van der Waals surface area contributed by atoms with Crippen LogP contribution in [0.1, 0.15) is 24.8 Å². The number of rotatable bonds is 6. The predicted molar refractivity (Wildman–Crippen MR) is 128 cm³/mol. The molecule has 9 nitrogen and oxygen atoms in total. The van der Waals surface area contributed by atoms with E-state index in [4.69, 9.17) is 15.7 Å². The summed E-state index contributed by atoms with van der Waals surface area (Å²) in [5, 5.41) is 13.5. The molecular weight excluding hydrogens is 428 g/mol. The Hall–Kier alpha value is -3.95. The first-order chi connectivity index (χ1) is 16.6. The van der Waals surface area contributed by atoms with Crippen molar-refractivity contribution >= 4 is 11.2 Å². The Morgan fingerprint density at radius 1 is 1.00 bits per heavy atom. The Morgan fingerprint density at radius 2 is 1.85 bits per heavy atom. The fourth-order valence-corrected chi connectivity index (χ4v) is 4.42. The molecule has 3 N–H and O–H groups in total. The Balaban J connectivity index is 1.50. The summed E-state index contributed by atoms with van der Waals surface area (Å²) >= 11 is 0. The van der Waals surface area contributed by atoms with Gasteiger partial charge in [0.05, 0.1) is 31.1 Å². The molecule has 5 aromatic rings. The second-order valence-corrected chi connectivity index (χ2v) is 8.66. The van der Waals surface area contributed by atoms with Crippen molar-refractivity contribution in [1.29, 1.82) is 0 Å². The molecule has 0 spiro atoms. The topological polar surface area (TPSA) is 121 Å². The molecule has 34 heavy (non-hydrogen) atoms. The summed E-state index contributed by atoms with van der Waals surface area (Å²) in [4.78, 5) is 18.7. The normalized spacial score (nSPS) is 14.9. The average molecular weight is 453 g/mol. The molecule has 1 aliphatic carbocycles. The Labute approximate surface area is 196 Å². The third-order valence-electron chi connectivity index (χ3n) is 6.46. The van der Waals surface area contributed by atoms with E-state index in [0.717, 1.165) is 35.3 Å². The van der Waals surface area contributed by atoms with Gasteiger partial charge in [-0.25, -0.2) is 15.0 Å². The van der Waals surface area contributed by atoms with Crippen LogP contribution in [-0.4, -0.2) is 46.0 Å². The van der Waals surface area contributed by atoms with Crippen LogP contribution < -0.4 is 5.73 Å². The minimum absolute atomic E-state index is 0.0152. The Morgan fingerprint density at radius 3 is 2.56 bits per heavy atom. The molecule has 0 bridgehead atoms. The minimum Gasteiger partial charge on any atom is -0.394 e. The third kappa shape index (κ3) is 3.46. The number of nitrogens with two attached hydrogens (primary N) is 1. The summed E-state index contributed by atoms with van der Waals surface area (Å²) in [6.45, 7) is 0.431. The van der Waals surface area contributed by atoms with Crippen LogP contribution in [0.5, 0.6) is 0 Å². The molecule has 0 aliphatic heterocycles. The summed E-state index contributed by atoms with van der Waals surface area (Å²) in [5.74, 6) is 1.23. The minimum atomic E-state index is -0.219. The van der Waals surface area contributed by atoms with Gasteiger partial charge in [0.1, 0.15) is 11.2 Å². The number of pyridine rings is 1. The molecule has 170 valence electrons. The van der Waals surface area contributed by atoms with Crippen molar-refractivity contribution in [2.45, 2.75) is 31.3 Å². The van der Waals surface area contributed by atoms with Crippen molar-refractivity contribution < 1.29 is 5.11 Å². The van der Waals surface area contributed by atoms with Crippen LogP contribution >= 0.6 is 0 Å². The van der Waals surface area contributed by atoms with E-state index in [9.17, 15) is 5.11 Å². The van der Waals surface area contributed by atoms with E-state index in [2.05, 4.69) is 39.3 Å². The molecule has 1 fully saturated rings. The molecule has 0 radical (unpaired) electrons. The zero-order valence-corrected chi connectivity index (χ0v) is 18.5. The van der Waals surface area contributed by atoms with Crippen molar-refractivity contribution in [1.82, 2.24) is 34.3 Å². The van der Waals surface area contributed by atoms with E-state index in [1.165, 1.54) is 6.42 Å². The fourth-order valence-electron chi connectivity index (χ4n) is 4.42. The largest absolute Gasteiger partial charge is 0.394 e. The molecule has 6 rings (SSSR count). The van der Waals surface area contributed by atoms with E-state index < -0.39 is 0 Å². The second-order valence-electron chi connectivity index (χ2n) is 8.66. The molecule has 4 heterocycles. The lowest BCUT2D eigenvalue weighted by molar-refractivity contribution is 0.253. The van der Waals surface area contributed by atoms with Crippen LogP contribution in [0.3, 0.4) is 0 Å². The van der Waals surface area contributed by atoms with E-state index in [1.807, 2.05) is 29.0 Å². The number of fused-ring (bicyclic) bond motifs is 1. The van der Waals surface area contributed by atoms with Crippen LogP contribution in [0.15, 0.2) is 67.3 Å². The van der Waals surface area contributed by atoms with E-state index in [-0.39, 0.29) is 12.1 Å². The Kier molecular flexibility index (Phi) is 4.93. The number of aromatic nitrogens is 7. The fraction of sp³-hybridized carbons (Fsp3) is 0.240. The maximum absolute atomic E-state index is 9.19. The highest BCUT2D eigenvalue weighted by Gasteiger charge is 2.34. The van der Waals surface area contributed by atoms with E-state index >= 15 is 0 Å². The highest BCUT2D eigenvalue weighted by atomic mass is 16.3. The van der Waals surface area contributed by atoms with Crippen LogP contribution in [0.4, 0.5) is 0 Å². The first-order valence-electron chi connectivity index (χ1n) is 11.3. The van der Waals surface area contributed by atoms with Crippen LogP contribution in [0, 0.1) is 0 Å². The van der Waals surface area contributed by atoms with Crippen molar-refractivity contribution in [2.75, 3.05) is 6.61 Å². The zero-order chi connectivity index (χ0) is 23.1. The zero-order valence-electron chi connectivity index (χ0n) is 18.5. The number of hydrogen-bond donors (Lipinski definition) is 2. The van der Waals surface area contributed by atoms with E-state index in [1.54, 1.807) is 23.3 Å². The molecule has 1 aromatic carbocycles. The van der Waals surface area contributed by atoms with Gasteiger partial charge in [0, 0.05) is 23.6 Å². The lowest BCUT2D eigenvalue weighted by atomic mass is 9.73. The van der Waals surface area contributed by atoms with Crippen molar-refractivity contribution in [3.05, 3.63) is 72.8 Å². The number of aliphatic hydroxyl groups excluding tert-OH is 1. The highest BCUT2D eigenvalue weighted by molar-refractivity contribution is 5.80. The maximum atomic E-state index is 9.19. The number of aliphatic hydroxyl groups is 1. The number of nitrogens with zero attached hydrogens (tertiary/aromatic N) is 7. The summed E-state index contributed by atoms with van der Waals surface area (Å²) in [6, 6.07) is 14.1. The monoisotopic (exact) mass is 452 g/mol. The van der Waals surface area contributed by atoms with Crippen molar-refractivity contribution in [2.24, 2.45) is 5.73 Å². The SMILES string of the molecule is NC1(c2ccc(-n3c(-c4ccccn4)nc4cnc(-c5cnn(CCO)c5)nc43)cc2)CCC1. The van der Waals surface area contributed by atoms with Gasteiger partial charge in [0.2, 0.25) is 0 Å². The van der Waals surface area contributed by atoms with Gasteiger partial charge in [-0.05, 0) is 49.1 Å². The predicted octanol–water partition coefficient (Wildman–Crippen LogP) is 3.07. The van der Waals surface area contributed by atoms with Gasteiger partial charge in [-0.1, -0.05) is 18.2 Å². The number of benzene rings is 1. The molecular formula is C25H24N8O. The molecule has 0 atom stereocenters. The summed E-state index contributed by atoms with van der Waals surface area (Å²) in [7, 11) is 0. The van der Waals surface area contributed by atoms with Gasteiger partial charge in [-0.3, -0.25) is 14.2 Å². The number of imidazole rings is 1. The molecule has 0 saturated heterocycles. The maximum Gasteiger partial charge on any atom is 0.169 e. The molecule has 1 saturated carbocycles. The lowest BCUT2D eigenvalue weighted by Gasteiger charge is -2.38. The van der Waals surface area contributed by atoms with Gasteiger partial charge in [0.25, 0.3) is 0 Å². The first kappa shape index (κ1) is 20.6. The van der Waals surface area contributed by atoms with Crippen LogP contribution in [-0.2, 0) is 12.1 Å². The standard InChI is InChI=1S/C25H24N8O/c26-25(9-3-10-25)18-5-7-19(8-6-18)33-23(20-4-1-2-11-27-20)30-21-15-28-22(31-24(21)33)17-14-29-32(16-17)12-13-34/h1-2,4-8,11,14-16,34H,3,9-10,12-13,26H2. The summed E-state index contributed by atoms with van der Waals surface area (Å²) < 4.78 is 3.68. The van der Waals surface area contributed by atoms with Crippen molar-refractivity contribution in [3.8, 4) is 28.6 Å². The number of hydrogen-bond acceptors (Lipinski definition) is 7. The first-order valence-corrected chi connectivity index (χ1v) is 11.3. The van der Waals surface area contributed by atoms with Gasteiger partial charge in [0.15, 0.2) is 17.3 Å². The van der Waals surface area contributed by atoms with E-state index in [0.29, 0.717) is 29.4 Å². The van der Waals surface area contributed by atoms with Gasteiger partial charge >= 0.3 is 0 Å². The smallest absolute Gasteiger partial charge is 0.169 e. The Bertz CT molecular complexity index is 1450.